The first kappa shape index (κ1) is 14.7. The summed E-state index contributed by atoms with van der Waals surface area (Å²) >= 11 is 0. The molecule has 6 heteroatoms. The topological polar surface area (TPSA) is 104 Å². The number of rotatable bonds is 6. The van der Waals surface area contributed by atoms with Crippen LogP contribution in [0.5, 0.6) is 0 Å². The van der Waals surface area contributed by atoms with Crippen molar-refractivity contribution in [3.8, 4) is 0 Å². The highest BCUT2D eigenvalue weighted by atomic mass is 16.4. The lowest BCUT2D eigenvalue weighted by molar-refractivity contribution is -0.138. The van der Waals surface area contributed by atoms with E-state index >= 15 is 0 Å². The van der Waals surface area contributed by atoms with E-state index in [1.807, 2.05) is 0 Å². The summed E-state index contributed by atoms with van der Waals surface area (Å²) in [6.45, 7) is 1.68. The van der Waals surface area contributed by atoms with Gasteiger partial charge in [-0.15, -0.1) is 0 Å². The monoisotopic (exact) mass is 265 g/mol. The minimum absolute atomic E-state index is 0.0641. The molecule has 102 valence electrons. The van der Waals surface area contributed by atoms with Crippen molar-refractivity contribution in [3.05, 3.63) is 29.8 Å². The molecule has 19 heavy (non-hydrogen) atoms. The number of hydrogen-bond acceptors (Lipinski definition) is 3. The van der Waals surface area contributed by atoms with Crippen LogP contribution in [-0.2, 0) is 9.59 Å². The van der Waals surface area contributed by atoms with Crippen LogP contribution in [0.3, 0.4) is 0 Å². The van der Waals surface area contributed by atoms with Gasteiger partial charge in [0, 0.05) is 18.5 Å². The third-order valence-electron chi connectivity index (χ3n) is 2.47. The zero-order valence-corrected chi connectivity index (χ0v) is 10.4. The van der Waals surface area contributed by atoms with Crippen LogP contribution >= 0.6 is 0 Å². The van der Waals surface area contributed by atoms with Gasteiger partial charge in [0.2, 0.25) is 5.91 Å². The van der Waals surface area contributed by atoms with Crippen LogP contribution < -0.4 is 5.32 Å². The molecule has 0 saturated heterocycles. The summed E-state index contributed by atoms with van der Waals surface area (Å²) in [5.74, 6) is -2.52. The SMILES string of the molecule is C[C@@H](CC(=O)O)CC(=O)Nc1ccc(C(=O)O)cc1. The van der Waals surface area contributed by atoms with Gasteiger partial charge in [-0.3, -0.25) is 9.59 Å². The molecule has 0 unspecified atom stereocenters. The van der Waals surface area contributed by atoms with Crippen LogP contribution in [0.4, 0.5) is 5.69 Å². The Balaban J connectivity index is 2.52. The summed E-state index contributed by atoms with van der Waals surface area (Å²) in [6, 6.07) is 5.75. The Hall–Kier alpha value is -2.37. The fourth-order valence-corrected chi connectivity index (χ4v) is 1.59. The minimum Gasteiger partial charge on any atom is -0.481 e. The van der Waals surface area contributed by atoms with Gasteiger partial charge < -0.3 is 15.5 Å². The number of aliphatic carboxylic acids is 1. The first-order valence-corrected chi connectivity index (χ1v) is 5.73. The molecule has 3 N–H and O–H groups in total. The number of amides is 1. The molecule has 1 rings (SSSR count). The van der Waals surface area contributed by atoms with E-state index in [1.54, 1.807) is 6.92 Å². The number of carboxylic acids is 2. The lowest BCUT2D eigenvalue weighted by Crippen LogP contribution is -2.17. The Morgan fingerprint density at radius 1 is 1.11 bits per heavy atom. The first-order valence-electron chi connectivity index (χ1n) is 5.73. The molecule has 0 bridgehead atoms. The van der Waals surface area contributed by atoms with Gasteiger partial charge in [-0.2, -0.15) is 0 Å². The summed E-state index contributed by atoms with van der Waals surface area (Å²) in [6.07, 6.45) is 0.0400. The van der Waals surface area contributed by atoms with Crippen molar-refractivity contribution in [1.29, 1.82) is 0 Å². The van der Waals surface area contributed by atoms with Crippen LogP contribution in [0, 0.1) is 5.92 Å². The molecule has 6 nitrogen and oxygen atoms in total. The van der Waals surface area contributed by atoms with E-state index in [0.29, 0.717) is 5.69 Å². The lowest BCUT2D eigenvalue weighted by Gasteiger charge is -2.09. The van der Waals surface area contributed by atoms with Crippen molar-refractivity contribution in [2.24, 2.45) is 5.92 Å². The number of nitrogens with one attached hydrogen (secondary N) is 1. The van der Waals surface area contributed by atoms with Crippen molar-refractivity contribution in [2.75, 3.05) is 5.32 Å². The normalized spacial score (nSPS) is 11.6. The Kier molecular flexibility index (Phi) is 5.05. The van der Waals surface area contributed by atoms with Crippen molar-refractivity contribution in [1.82, 2.24) is 0 Å². The van der Waals surface area contributed by atoms with E-state index in [1.165, 1.54) is 24.3 Å². The van der Waals surface area contributed by atoms with Gasteiger partial charge in [0.25, 0.3) is 0 Å². The summed E-state index contributed by atoms with van der Waals surface area (Å²) in [7, 11) is 0. The Bertz CT molecular complexity index is 480. The number of carbonyl (C=O) groups is 3. The van der Waals surface area contributed by atoms with Gasteiger partial charge >= 0.3 is 11.9 Å². The van der Waals surface area contributed by atoms with Gasteiger partial charge in [-0.05, 0) is 30.2 Å². The molecule has 1 aromatic rings. The van der Waals surface area contributed by atoms with Crippen LogP contribution in [-0.4, -0.2) is 28.1 Å². The van der Waals surface area contributed by atoms with Crippen molar-refractivity contribution < 1.29 is 24.6 Å². The summed E-state index contributed by atoms with van der Waals surface area (Å²) in [4.78, 5) is 32.7. The second kappa shape index (κ2) is 6.53. The number of hydrogen-bond donors (Lipinski definition) is 3. The van der Waals surface area contributed by atoms with Gasteiger partial charge in [0.05, 0.1) is 5.56 Å². The van der Waals surface area contributed by atoms with E-state index in [2.05, 4.69) is 5.32 Å². The summed E-state index contributed by atoms with van der Waals surface area (Å²) in [5.41, 5.74) is 0.620. The predicted molar refractivity (Wildman–Crippen MR) is 68.1 cm³/mol. The Morgan fingerprint density at radius 3 is 2.16 bits per heavy atom. The van der Waals surface area contributed by atoms with Crippen LogP contribution in [0.1, 0.15) is 30.1 Å². The van der Waals surface area contributed by atoms with E-state index < -0.39 is 11.9 Å². The molecule has 0 saturated carbocycles. The fourth-order valence-electron chi connectivity index (χ4n) is 1.59. The second-order valence-corrected chi connectivity index (χ2v) is 4.34. The summed E-state index contributed by atoms with van der Waals surface area (Å²) in [5, 5.41) is 19.9. The quantitative estimate of drug-likeness (QED) is 0.727. The molecule has 0 spiro atoms. The average Bonchev–Trinajstić information content (AvgIpc) is 2.27. The number of aromatic carboxylic acids is 1. The third kappa shape index (κ3) is 5.20. The van der Waals surface area contributed by atoms with Gasteiger partial charge in [0.15, 0.2) is 0 Å². The molecule has 1 atom stereocenters. The molecule has 0 heterocycles. The van der Waals surface area contributed by atoms with Crippen molar-refractivity contribution in [3.63, 3.8) is 0 Å². The molecular weight excluding hydrogens is 250 g/mol. The molecule has 0 aliphatic rings. The molecule has 0 aromatic heterocycles. The van der Waals surface area contributed by atoms with Crippen molar-refractivity contribution >= 4 is 23.5 Å². The Labute approximate surface area is 110 Å². The van der Waals surface area contributed by atoms with Crippen LogP contribution in [0.15, 0.2) is 24.3 Å². The second-order valence-electron chi connectivity index (χ2n) is 4.34. The number of carbonyl (C=O) groups excluding carboxylic acids is 1. The average molecular weight is 265 g/mol. The maximum absolute atomic E-state index is 11.6. The molecule has 0 radical (unpaired) electrons. The van der Waals surface area contributed by atoms with E-state index in [9.17, 15) is 14.4 Å². The van der Waals surface area contributed by atoms with E-state index in [4.69, 9.17) is 10.2 Å². The van der Waals surface area contributed by atoms with Gasteiger partial charge in [-0.1, -0.05) is 6.92 Å². The number of carboxylic acid groups (broad SMARTS) is 2. The first-order chi connectivity index (χ1) is 8.88. The molecule has 1 aromatic carbocycles. The molecule has 0 aliphatic heterocycles. The standard InChI is InChI=1S/C13H15NO5/c1-8(7-12(16)17)6-11(15)14-10-4-2-9(3-5-10)13(18)19/h2-5,8H,6-7H2,1H3,(H,14,15)(H,16,17)(H,18,19)/t8-/m1/s1. The number of benzene rings is 1. The van der Waals surface area contributed by atoms with Gasteiger partial charge in [-0.25, -0.2) is 4.79 Å². The maximum atomic E-state index is 11.6. The molecule has 1 amide bonds. The smallest absolute Gasteiger partial charge is 0.335 e. The molecular formula is C13H15NO5. The lowest BCUT2D eigenvalue weighted by atomic mass is 10.0. The molecule has 0 aliphatic carbocycles. The zero-order chi connectivity index (χ0) is 14.4. The number of anilines is 1. The van der Waals surface area contributed by atoms with Gasteiger partial charge in [0.1, 0.15) is 0 Å². The highest BCUT2D eigenvalue weighted by Crippen LogP contribution is 2.12. The predicted octanol–water partition coefficient (Wildman–Crippen LogP) is 1.82. The van der Waals surface area contributed by atoms with Crippen LogP contribution in [0.2, 0.25) is 0 Å². The zero-order valence-electron chi connectivity index (χ0n) is 10.4. The van der Waals surface area contributed by atoms with E-state index in [-0.39, 0.29) is 30.2 Å². The van der Waals surface area contributed by atoms with E-state index in [0.717, 1.165) is 0 Å². The summed E-state index contributed by atoms with van der Waals surface area (Å²) < 4.78 is 0. The highest BCUT2D eigenvalue weighted by molar-refractivity contribution is 5.92. The largest absolute Gasteiger partial charge is 0.481 e. The van der Waals surface area contributed by atoms with Crippen LogP contribution in [0.25, 0.3) is 0 Å². The minimum atomic E-state index is -1.03. The maximum Gasteiger partial charge on any atom is 0.335 e. The van der Waals surface area contributed by atoms with Crippen molar-refractivity contribution in [2.45, 2.75) is 19.8 Å². The highest BCUT2D eigenvalue weighted by Gasteiger charge is 2.12. The molecule has 0 fully saturated rings. The fraction of sp³-hybridized carbons (Fsp3) is 0.308. The Morgan fingerprint density at radius 2 is 1.68 bits per heavy atom. The third-order valence-corrected chi connectivity index (χ3v) is 2.47.